The van der Waals surface area contributed by atoms with Crippen molar-refractivity contribution in [3.8, 4) is 5.75 Å². The molecule has 1 saturated heterocycles. The van der Waals surface area contributed by atoms with Crippen molar-refractivity contribution in [1.29, 1.82) is 0 Å². The van der Waals surface area contributed by atoms with E-state index in [1.807, 2.05) is 25.1 Å². The summed E-state index contributed by atoms with van der Waals surface area (Å²) in [4.78, 5) is 43.4. The van der Waals surface area contributed by atoms with E-state index in [2.05, 4.69) is 4.98 Å². The number of nitro benzene ring substituents is 1. The lowest BCUT2D eigenvalue weighted by atomic mass is 9.95. The lowest BCUT2D eigenvalue weighted by molar-refractivity contribution is -0.384. The molecule has 1 N–H and O–H groups in total. The third-order valence-electron chi connectivity index (χ3n) is 5.92. The van der Waals surface area contributed by atoms with E-state index < -0.39 is 28.4 Å². The predicted octanol–water partition coefficient (Wildman–Crippen LogP) is 5.15. The second kappa shape index (κ2) is 8.90. The third-order valence-corrected chi connectivity index (χ3v) is 6.94. The number of aliphatic hydroxyl groups excluding tert-OH is 1. The fraction of sp³-hybridized carbons (Fsp3) is 0.115. The van der Waals surface area contributed by atoms with Gasteiger partial charge >= 0.3 is 5.91 Å². The van der Waals surface area contributed by atoms with Gasteiger partial charge in [-0.25, -0.2) is 4.98 Å². The number of benzene rings is 3. The number of carbonyl (C=O) groups is 2. The molecule has 9 nitrogen and oxygen atoms in total. The number of aliphatic hydroxyl groups is 1. The highest BCUT2D eigenvalue weighted by atomic mass is 32.1. The Labute approximate surface area is 209 Å². The van der Waals surface area contributed by atoms with Crippen molar-refractivity contribution in [3.63, 3.8) is 0 Å². The average molecular weight is 502 g/mol. The number of ketones is 1. The molecule has 0 aliphatic carbocycles. The van der Waals surface area contributed by atoms with E-state index in [4.69, 9.17) is 4.74 Å². The summed E-state index contributed by atoms with van der Waals surface area (Å²) in [6.07, 6.45) is 0. The van der Waals surface area contributed by atoms with Gasteiger partial charge in [-0.05, 0) is 42.3 Å². The molecule has 36 heavy (non-hydrogen) atoms. The molecule has 2 heterocycles. The first-order chi connectivity index (χ1) is 17.3. The van der Waals surface area contributed by atoms with Crippen LogP contribution in [0.25, 0.3) is 16.0 Å². The Morgan fingerprint density at radius 2 is 1.89 bits per heavy atom. The molecule has 10 heteroatoms. The van der Waals surface area contributed by atoms with Crippen LogP contribution in [-0.2, 0) is 9.59 Å². The molecule has 4 aromatic rings. The summed E-state index contributed by atoms with van der Waals surface area (Å²) >= 11 is 1.22. The number of aromatic nitrogens is 1. The Hall–Kier alpha value is -4.57. The van der Waals surface area contributed by atoms with Crippen LogP contribution in [0.1, 0.15) is 22.7 Å². The SMILES string of the molecule is COc1cccc(C(O)=C2C(=O)C(=O)N(c3nc4ccc(C)cc4s3)[C@H]2c2cccc([N+](=O)[O-])c2)c1. The zero-order valence-electron chi connectivity index (χ0n) is 19.2. The summed E-state index contributed by atoms with van der Waals surface area (Å²) in [5, 5.41) is 23.0. The van der Waals surface area contributed by atoms with Gasteiger partial charge < -0.3 is 9.84 Å². The van der Waals surface area contributed by atoms with Crippen molar-refractivity contribution in [2.45, 2.75) is 13.0 Å². The molecule has 0 bridgehead atoms. The monoisotopic (exact) mass is 501 g/mol. The topological polar surface area (TPSA) is 123 Å². The average Bonchev–Trinajstić information content (AvgIpc) is 3.41. The van der Waals surface area contributed by atoms with Crippen molar-refractivity contribution in [1.82, 2.24) is 4.98 Å². The van der Waals surface area contributed by atoms with Crippen molar-refractivity contribution >= 4 is 49.8 Å². The number of methoxy groups -OCH3 is 1. The van der Waals surface area contributed by atoms with Crippen LogP contribution in [0.4, 0.5) is 10.8 Å². The second-order valence-corrected chi connectivity index (χ2v) is 9.23. The highest BCUT2D eigenvalue weighted by Crippen LogP contribution is 2.45. The molecule has 1 aliphatic heterocycles. The first-order valence-corrected chi connectivity index (χ1v) is 11.7. The van der Waals surface area contributed by atoms with E-state index in [0.29, 0.717) is 16.8 Å². The van der Waals surface area contributed by atoms with Crippen LogP contribution in [0.2, 0.25) is 0 Å². The summed E-state index contributed by atoms with van der Waals surface area (Å²) in [6.45, 7) is 1.93. The van der Waals surface area contributed by atoms with Gasteiger partial charge in [0.2, 0.25) is 0 Å². The van der Waals surface area contributed by atoms with Crippen LogP contribution in [0.15, 0.2) is 72.3 Å². The zero-order chi connectivity index (χ0) is 25.6. The quantitative estimate of drug-likeness (QED) is 0.132. The number of nitro groups is 1. The van der Waals surface area contributed by atoms with Gasteiger partial charge in [0.1, 0.15) is 11.5 Å². The summed E-state index contributed by atoms with van der Waals surface area (Å²) < 4.78 is 6.04. The number of thiazole rings is 1. The van der Waals surface area contributed by atoms with Crippen LogP contribution >= 0.6 is 11.3 Å². The number of anilines is 1. The van der Waals surface area contributed by atoms with E-state index in [0.717, 1.165) is 10.3 Å². The van der Waals surface area contributed by atoms with Gasteiger partial charge in [0.05, 0.1) is 33.9 Å². The molecule has 1 aliphatic rings. The maximum absolute atomic E-state index is 13.4. The summed E-state index contributed by atoms with van der Waals surface area (Å²) in [6, 6.07) is 16.6. The van der Waals surface area contributed by atoms with E-state index in [9.17, 15) is 24.8 Å². The molecule has 1 fully saturated rings. The summed E-state index contributed by atoms with van der Waals surface area (Å²) in [5.41, 5.74) is 1.82. The van der Waals surface area contributed by atoms with Gasteiger partial charge in [0, 0.05) is 17.7 Å². The molecule has 0 spiro atoms. The van der Waals surface area contributed by atoms with Gasteiger partial charge in [0.15, 0.2) is 5.13 Å². The smallest absolute Gasteiger partial charge is 0.301 e. The van der Waals surface area contributed by atoms with E-state index in [1.54, 1.807) is 24.3 Å². The maximum Gasteiger partial charge on any atom is 0.301 e. The zero-order valence-corrected chi connectivity index (χ0v) is 20.0. The lowest BCUT2D eigenvalue weighted by Gasteiger charge is -2.22. The Kier molecular flexibility index (Phi) is 5.73. The molecule has 0 unspecified atom stereocenters. The number of aryl methyl sites for hydroxylation is 1. The Bertz CT molecular complexity index is 1590. The Morgan fingerprint density at radius 3 is 2.64 bits per heavy atom. The molecule has 1 aromatic heterocycles. The number of hydrogen-bond acceptors (Lipinski definition) is 8. The molecule has 1 atom stereocenters. The van der Waals surface area contributed by atoms with Crippen molar-refractivity contribution in [2.24, 2.45) is 0 Å². The van der Waals surface area contributed by atoms with E-state index in [-0.39, 0.29) is 22.0 Å². The molecule has 0 radical (unpaired) electrons. The number of fused-ring (bicyclic) bond motifs is 1. The second-order valence-electron chi connectivity index (χ2n) is 8.22. The van der Waals surface area contributed by atoms with Gasteiger partial charge in [-0.2, -0.15) is 0 Å². The van der Waals surface area contributed by atoms with Crippen LogP contribution < -0.4 is 9.64 Å². The molecule has 5 rings (SSSR count). The van der Waals surface area contributed by atoms with Crippen LogP contribution in [0.3, 0.4) is 0 Å². The highest BCUT2D eigenvalue weighted by Gasteiger charge is 2.48. The van der Waals surface area contributed by atoms with Crippen molar-refractivity contribution in [2.75, 3.05) is 12.0 Å². The van der Waals surface area contributed by atoms with E-state index >= 15 is 0 Å². The maximum atomic E-state index is 13.4. The number of rotatable bonds is 5. The number of non-ortho nitro benzene ring substituents is 1. The molecular formula is C26H19N3O6S. The van der Waals surface area contributed by atoms with Gasteiger partial charge in [-0.3, -0.25) is 24.6 Å². The minimum Gasteiger partial charge on any atom is -0.507 e. The number of nitrogens with zero attached hydrogens (tertiary/aromatic N) is 3. The van der Waals surface area contributed by atoms with Crippen molar-refractivity contribution < 1.29 is 24.4 Å². The van der Waals surface area contributed by atoms with E-state index in [1.165, 1.54) is 47.6 Å². The molecular weight excluding hydrogens is 482 g/mol. The fourth-order valence-electron chi connectivity index (χ4n) is 4.20. The number of amides is 1. The molecule has 0 saturated carbocycles. The van der Waals surface area contributed by atoms with Crippen molar-refractivity contribution in [3.05, 3.63) is 99.1 Å². The highest BCUT2D eigenvalue weighted by molar-refractivity contribution is 7.22. The third kappa shape index (κ3) is 3.87. The number of ether oxygens (including phenoxy) is 1. The van der Waals surface area contributed by atoms with Crippen LogP contribution in [0.5, 0.6) is 5.75 Å². The minimum atomic E-state index is -1.13. The minimum absolute atomic E-state index is 0.191. The molecule has 3 aromatic carbocycles. The molecule has 1 amide bonds. The molecule has 180 valence electrons. The van der Waals surface area contributed by atoms with Crippen LogP contribution in [-0.4, -0.2) is 33.8 Å². The number of carbonyl (C=O) groups excluding carboxylic acids is 2. The first-order valence-electron chi connectivity index (χ1n) is 10.9. The number of hydrogen-bond donors (Lipinski definition) is 1. The van der Waals surface area contributed by atoms with Gasteiger partial charge in [-0.1, -0.05) is 41.7 Å². The summed E-state index contributed by atoms with van der Waals surface area (Å²) in [7, 11) is 1.47. The first kappa shape index (κ1) is 23.2. The number of Topliss-reactive ketones (excluding diaryl/α,β-unsaturated/α-hetero) is 1. The lowest BCUT2D eigenvalue weighted by Crippen LogP contribution is -2.29. The van der Waals surface area contributed by atoms with Gasteiger partial charge in [-0.15, -0.1) is 0 Å². The predicted molar refractivity (Wildman–Crippen MR) is 135 cm³/mol. The summed E-state index contributed by atoms with van der Waals surface area (Å²) in [5.74, 6) is -1.76. The normalized spacial score (nSPS) is 17.1. The van der Waals surface area contributed by atoms with Crippen LogP contribution in [0, 0.1) is 17.0 Å². The van der Waals surface area contributed by atoms with Gasteiger partial charge in [0.25, 0.3) is 11.5 Å². The standard InChI is InChI=1S/C26H19N3O6S/c1-14-9-10-19-20(11-14)36-26(27-19)28-22(15-5-3-7-17(12-15)29(33)34)21(24(31)25(28)32)23(30)16-6-4-8-18(13-16)35-2/h3-13,22,30H,1-2H3/t22-/m0/s1. The fourth-order valence-corrected chi connectivity index (χ4v) is 5.29. The Balaban J connectivity index is 1.75. The largest absolute Gasteiger partial charge is 0.507 e. The Morgan fingerprint density at radius 1 is 1.11 bits per heavy atom.